The van der Waals surface area contributed by atoms with Crippen LogP contribution in [-0.4, -0.2) is 24.3 Å². The molecule has 1 aliphatic carbocycles. The lowest BCUT2D eigenvalue weighted by Crippen LogP contribution is -2.04. The molecule has 53 heavy (non-hydrogen) atoms. The number of pyridine rings is 2. The van der Waals surface area contributed by atoms with Crippen LogP contribution in [-0.2, 0) is 0 Å². The summed E-state index contributed by atoms with van der Waals surface area (Å²) >= 11 is 0. The van der Waals surface area contributed by atoms with Gasteiger partial charge in [-0.15, -0.1) is 0 Å². The third-order valence-electron chi connectivity index (χ3n) is 10.2. The van der Waals surface area contributed by atoms with Gasteiger partial charge in [-0.25, -0.2) is 19.9 Å². The summed E-state index contributed by atoms with van der Waals surface area (Å²) in [7, 11) is 0. The summed E-state index contributed by atoms with van der Waals surface area (Å²) in [5.74, 6) is 0.834. The van der Waals surface area contributed by atoms with E-state index in [-0.39, 0.29) is 5.92 Å². The summed E-state index contributed by atoms with van der Waals surface area (Å²) in [6.45, 7) is 0. The molecule has 0 saturated carbocycles. The van der Waals surface area contributed by atoms with Crippen molar-refractivity contribution in [2.24, 2.45) is 0 Å². The van der Waals surface area contributed by atoms with Gasteiger partial charge in [0.25, 0.3) is 0 Å². The fourth-order valence-corrected chi connectivity index (χ4v) is 7.59. The summed E-state index contributed by atoms with van der Waals surface area (Å²) < 4.78 is 2.09. The van der Waals surface area contributed by atoms with Crippen molar-refractivity contribution in [3.05, 3.63) is 193 Å². The minimum absolute atomic E-state index is 0.140. The van der Waals surface area contributed by atoms with Crippen LogP contribution in [0.4, 0.5) is 0 Å². The van der Waals surface area contributed by atoms with Crippen LogP contribution < -0.4 is 0 Å². The largest absolute Gasteiger partial charge is 0.284 e. The third-order valence-corrected chi connectivity index (χ3v) is 10.2. The van der Waals surface area contributed by atoms with Gasteiger partial charge in [-0.1, -0.05) is 158 Å². The molecule has 5 heteroatoms. The second kappa shape index (κ2) is 13.0. The van der Waals surface area contributed by atoms with Crippen molar-refractivity contribution in [3.63, 3.8) is 0 Å². The lowest BCUT2D eigenvalue weighted by atomic mass is 9.88. The summed E-state index contributed by atoms with van der Waals surface area (Å²) in [6.07, 6.45) is 9.77. The summed E-state index contributed by atoms with van der Waals surface area (Å²) in [6, 6.07) is 54.6. The molecular formula is C48H33N5. The van der Waals surface area contributed by atoms with E-state index < -0.39 is 0 Å². The Kier molecular flexibility index (Phi) is 7.54. The molecule has 1 atom stereocenters. The van der Waals surface area contributed by atoms with E-state index in [1.807, 2.05) is 42.6 Å². The Morgan fingerprint density at radius 1 is 0.509 bits per heavy atom. The molecule has 250 valence electrons. The Morgan fingerprint density at radius 2 is 1.11 bits per heavy atom. The maximum Gasteiger partial charge on any atom is 0.165 e. The summed E-state index contributed by atoms with van der Waals surface area (Å²) in [5, 5.41) is 2.28. The molecule has 0 bridgehead atoms. The first-order valence-electron chi connectivity index (χ1n) is 18.0. The lowest BCUT2D eigenvalue weighted by molar-refractivity contribution is 0.831. The van der Waals surface area contributed by atoms with Crippen molar-refractivity contribution in [1.29, 1.82) is 0 Å². The molecule has 0 amide bonds. The molecule has 1 aliphatic rings. The van der Waals surface area contributed by atoms with Crippen LogP contribution in [0.3, 0.4) is 0 Å². The van der Waals surface area contributed by atoms with Gasteiger partial charge in [0.2, 0.25) is 0 Å². The first-order valence-corrected chi connectivity index (χ1v) is 18.0. The van der Waals surface area contributed by atoms with E-state index in [2.05, 4.69) is 144 Å². The normalized spacial score (nSPS) is 14.2. The Morgan fingerprint density at radius 3 is 1.79 bits per heavy atom. The van der Waals surface area contributed by atoms with E-state index >= 15 is 0 Å². The SMILES string of the molecule is C1=CC(c2nc3c(nc4ccccn43)c3ccccc23)CC=C1c1cccc(-c2nc(-c3ccccc3)c(-c3ccccc3)c(-c3ccccc3)n2)c1. The van der Waals surface area contributed by atoms with E-state index in [1.165, 1.54) is 5.57 Å². The first kappa shape index (κ1) is 30.8. The second-order valence-electron chi connectivity index (χ2n) is 13.4. The predicted molar refractivity (Wildman–Crippen MR) is 216 cm³/mol. The second-order valence-corrected chi connectivity index (χ2v) is 13.4. The van der Waals surface area contributed by atoms with Gasteiger partial charge in [-0.05, 0) is 41.3 Å². The minimum Gasteiger partial charge on any atom is -0.284 e. The standard InChI is InChI=1S/C48H33N5/c1-4-15-33(16-5-1)42-44(34-17-6-2-7-18-34)50-47(51-45(42)35-19-8-3-9-20-35)38-22-14-21-37(31-38)32-26-28-36(29-27-32)43-39-23-10-11-24-40(39)46-48(52-43)53-30-13-12-25-41(53)49-46/h1-28,30-31,36H,29H2. The summed E-state index contributed by atoms with van der Waals surface area (Å²) in [4.78, 5) is 20.8. The molecule has 0 fully saturated rings. The van der Waals surface area contributed by atoms with Crippen LogP contribution in [0.2, 0.25) is 0 Å². The van der Waals surface area contributed by atoms with Gasteiger partial charge in [0.15, 0.2) is 11.5 Å². The highest BCUT2D eigenvalue weighted by Crippen LogP contribution is 2.40. The molecule has 9 aromatic rings. The predicted octanol–water partition coefficient (Wildman–Crippen LogP) is 11.6. The molecule has 0 N–H and O–H groups in total. The maximum absolute atomic E-state index is 5.32. The number of allylic oxidation sites excluding steroid dienone is 4. The number of imidazole rings is 1. The van der Waals surface area contributed by atoms with Gasteiger partial charge in [-0.3, -0.25) is 4.40 Å². The highest BCUT2D eigenvalue weighted by Gasteiger charge is 2.22. The average molecular weight is 680 g/mol. The van der Waals surface area contributed by atoms with Crippen LogP contribution in [0, 0.1) is 0 Å². The van der Waals surface area contributed by atoms with Crippen LogP contribution >= 0.6 is 0 Å². The highest BCUT2D eigenvalue weighted by molar-refractivity contribution is 6.05. The molecule has 5 nitrogen and oxygen atoms in total. The number of hydrogen-bond acceptors (Lipinski definition) is 4. The lowest BCUT2D eigenvalue weighted by Gasteiger charge is -2.19. The first-order chi connectivity index (χ1) is 26.3. The third kappa shape index (κ3) is 5.51. The van der Waals surface area contributed by atoms with Crippen LogP contribution in [0.25, 0.3) is 78.2 Å². The van der Waals surface area contributed by atoms with Gasteiger partial charge in [-0.2, -0.15) is 0 Å². The van der Waals surface area contributed by atoms with E-state index in [9.17, 15) is 0 Å². The fraction of sp³-hybridized carbons (Fsp3) is 0.0417. The quantitative estimate of drug-likeness (QED) is 0.175. The fourth-order valence-electron chi connectivity index (χ4n) is 7.59. The zero-order chi connectivity index (χ0) is 35.1. The molecule has 1 unspecified atom stereocenters. The van der Waals surface area contributed by atoms with Crippen LogP contribution in [0.15, 0.2) is 182 Å². The van der Waals surface area contributed by atoms with Crippen molar-refractivity contribution in [3.8, 4) is 45.0 Å². The molecule has 0 spiro atoms. The van der Waals surface area contributed by atoms with Crippen molar-refractivity contribution in [1.82, 2.24) is 24.3 Å². The molecule has 4 heterocycles. The van der Waals surface area contributed by atoms with E-state index in [1.54, 1.807) is 0 Å². The molecule has 5 aromatic carbocycles. The van der Waals surface area contributed by atoms with Crippen LogP contribution in [0.5, 0.6) is 0 Å². The number of benzene rings is 5. The number of fused-ring (bicyclic) bond motifs is 5. The topological polar surface area (TPSA) is 56.0 Å². The maximum atomic E-state index is 5.32. The van der Waals surface area contributed by atoms with Gasteiger partial charge >= 0.3 is 0 Å². The van der Waals surface area contributed by atoms with Crippen molar-refractivity contribution in [2.75, 3.05) is 0 Å². The van der Waals surface area contributed by atoms with Crippen molar-refractivity contribution in [2.45, 2.75) is 12.3 Å². The molecule has 4 aromatic heterocycles. The van der Waals surface area contributed by atoms with Crippen LogP contribution in [0.1, 0.15) is 23.6 Å². The van der Waals surface area contributed by atoms with E-state index in [0.29, 0.717) is 5.82 Å². The zero-order valence-corrected chi connectivity index (χ0v) is 28.8. The average Bonchev–Trinajstić information content (AvgIpc) is 3.63. The Bertz CT molecular complexity index is 2790. The highest BCUT2D eigenvalue weighted by atomic mass is 15.1. The van der Waals surface area contributed by atoms with E-state index in [0.717, 1.165) is 84.5 Å². The minimum atomic E-state index is 0.140. The van der Waals surface area contributed by atoms with Gasteiger partial charge in [0, 0.05) is 45.1 Å². The molecule has 0 radical (unpaired) electrons. The van der Waals surface area contributed by atoms with Gasteiger partial charge < -0.3 is 0 Å². The Balaban J connectivity index is 1.05. The number of rotatable bonds is 6. The monoisotopic (exact) mass is 679 g/mol. The molecule has 0 saturated heterocycles. The van der Waals surface area contributed by atoms with Gasteiger partial charge in [0.05, 0.1) is 17.1 Å². The molecule has 10 rings (SSSR count). The molecular weight excluding hydrogens is 647 g/mol. The Hall–Kier alpha value is -6.98. The van der Waals surface area contributed by atoms with Crippen molar-refractivity contribution >= 4 is 33.2 Å². The molecule has 0 aliphatic heterocycles. The van der Waals surface area contributed by atoms with E-state index in [4.69, 9.17) is 19.9 Å². The smallest absolute Gasteiger partial charge is 0.165 e. The number of hydrogen-bond donors (Lipinski definition) is 0. The van der Waals surface area contributed by atoms with Crippen molar-refractivity contribution < 1.29 is 0 Å². The Labute approximate surface area is 307 Å². The number of aromatic nitrogens is 5. The zero-order valence-electron chi connectivity index (χ0n) is 28.8. The number of nitrogens with zero attached hydrogens (tertiary/aromatic N) is 5. The summed E-state index contributed by atoms with van der Waals surface area (Å²) in [5.41, 5.74) is 13.1. The van der Waals surface area contributed by atoms with Gasteiger partial charge in [0.1, 0.15) is 11.2 Å².